The summed E-state index contributed by atoms with van der Waals surface area (Å²) in [4.78, 5) is 11.4. The van der Waals surface area contributed by atoms with Gasteiger partial charge in [-0.2, -0.15) is 0 Å². The Labute approximate surface area is 94.3 Å². The molecule has 1 aromatic heterocycles. The highest BCUT2D eigenvalue weighted by molar-refractivity contribution is 6.01. The van der Waals surface area contributed by atoms with E-state index in [0.717, 1.165) is 16.6 Å². The fraction of sp³-hybridized carbons (Fsp3) is 0.250. The number of aryl methyl sites for hydroxylation is 1. The van der Waals surface area contributed by atoms with Gasteiger partial charge in [0.1, 0.15) is 0 Å². The van der Waals surface area contributed by atoms with Crippen LogP contribution in [0.15, 0.2) is 30.5 Å². The first-order valence-electron chi connectivity index (χ1n) is 5.31. The number of anilines is 1. The molecule has 2 N–H and O–H groups in total. The molecule has 0 unspecified atom stereocenters. The molecule has 0 bridgehead atoms. The molecular formula is C12H15N3O. The third kappa shape index (κ3) is 1.86. The van der Waals surface area contributed by atoms with Crippen molar-refractivity contribution in [2.45, 2.75) is 6.92 Å². The Balaban J connectivity index is 2.34. The van der Waals surface area contributed by atoms with E-state index in [1.165, 1.54) is 0 Å². The minimum atomic E-state index is -0.168. The first-order valence-corrected chi connectivity index (χ1v) is 5.31. The molecule has 0 atom stereocenters. The molecule has 0 spiro atoms. The summed E-state index contributed by atoms with van der Waals surface area (Å²) >= 11 is 0. The molecule has 1 heterocycles. The predicted octanol–water partition coefficient (Wildman–Crippen LogP) is 2.32. The standard InChI is InChI=1S/C12H15N3O/c1-3-13-12(16)14-10-8-15(2)11-7-5-4-6-9(10)11/h4-8H,3H2,1-2H3,(H2,13,14,16). The number of carbonyl (C=O) groups is 1. The fourth-order valence-corrected chi connectivity index (χ4v) is 1.77. The highest BCUT2D eigenvalue weighted by Gasteiger charge is 2.07. The Kier molecular flexibility index (Phi) is 2.81. The maximum absolute atomic E-state index is 11.4. The number of urea groups is 1. The van der Waals surface area contributed by atoms with Gasteiger partial charge in [-0.1, -0.05) is 18.2 Å². The van der Waals surface area contributed by atoms with Crippen molar-refractivity contribution >= 4 is 22.6 Å². The number of fused-ring (bicyclic) bond motifs is 1. The number of nitrogens with one attached hydrogen (secondary N) is 2. The molecule has 0 aliphatic rings. The summed E-state index contributed by atoms with van der Waals surface area (Å²) in [6, 6.07) is 7.80. The molecule has 1 aromatic carbocycles. The first-order chi connectivity index (χ1) is 7.72. The van der Waals surface area contributed by atoms with Crippen molar-refractivity contribution in [3.8, 4) is 0 Å². The smallest absolute Gasteiger partial charge is 0.319 e. The number of carbonyl (C=O) groups excluding carboxylic acids is 1. The Bertz CT molecular complexity index is 516. The highest BCUT2D eigenvalue weighted by atomic mass is 16.2. The number of benzene rings is 1. The Hall–Kier alpha value is -1.97. The van der Waals surface area contributed by atoms with E-state index in [4.69, 9.17) is 0 Å². The molecule has 0 aliphatic carbocycles. The van der Waals surface area contributed by atoms with Crippen LogP contribution in [0.25, 0.3) is 10.9 Å². The SMILES string of the molecule is CCNC(=O)Nc1cn(C)c2ccccc12. The van der Waals surface area contributed by atoms with Crippen molar-refractivity contribution in [1.29, 1.82) is 0 Å². The van der Waals surface area contributed by atoms with Crippen molar-refractivity contribution in [2.24, 2.45) is 7.05 Å². The molecule has 4 heteroatoms. The Morgan fingerprint density at radius 3 is 2.88 bits per heavy atom. The maximum atomic E-state index is 11.4. The van der Waals surface area contributed by atoms with Crippen LogP contribution < -0.4 is 10.6 Å². The monoisotopic (exact) mass is 217 g/mol. The summed E-state index contributed by atoms with van der Waals surface area (Å²) in [5.41, 5.74) is 1.94. The van der Waals surface area contributed by atoms with E-state index in [1.54, 1.807) is 0 Å². The quantitative estimate of drug-likeness (QED) is 0.796. The van der Waals surface area contributed by atoms with E-state index in [9.17, 15) is 4.79 Å². The van der Waals surface area contributed by atoms with E-state index in [2.05, 4.69) is 10.6 Å². The molecule has 2 rings (SSSR count). The average Bonchev–Trinajstić information content (AvgIpc) is 2.57. The number of hydrogen-bond donors (Lipinski definition) is 2. The third-order valence-corrected chi connectivity index (χ3v) is 2.48. The van der Waals surface area contributed by atoms with Gasteiger partial charge in [-0.05, 0) is 13.0 Å². The van der Waals surface area contributed by atoms with Crippen LogP contribution in [0, 0.1) is 0 Å². The summed E-state index contributed by atoms with van der Waals surface area (Å²) in [6.45, 7) is 2.51. The highest BCUT2D eigenvalue weighted by Crippen LogP contribution is 2.24. The minimum Gasteiger partial charge on any atom is -0.348 e. The largest absolute Gasteiger partial charge is 0.348 e. The van der Waals surface area contributed by atoms with Crippen LogP contribution in [0.3, 0.4) is 0 Å². The van der Waals surface area contributed by atoms with Gasteiger partial charge in [-0.3, -0.25) is 0 Å². The summed E-state index contributed by atoms with van der Waals surface area (Å²) in [7, 11) is 1.96. The minimum absolute atomic E-state index is 0.168. The molecule has 0 radical (unpaired) electrons. The first kappa shape index (κ1) is 10.5. The molecule has 0 fully saturated rings. The Morgan fingerprint density at radius 2 is 2.12 bits per heavy atom. The molecule has 84 valence electrons. The lowest BCUT2D eigenvalue weighted by Crippen LogP contribution is -2.28. The van der Waals surface area contributed by atoms with E-state index in [-0.39, 0.29) is 6.03 Å². The van der Waals surface area contributed by atoms with Gasteiger partial charge in [0.15, 0.2) is 0 Å². The van der Waals surface area contributed by atoms with Gasteiger partial charge in [-0.25, -0.2) is 4.79 Å². The summed E-state index contributed by atoms with van der Waals surface area (Å²) < 4.78 is 2.00. The van der Waals surface area contributed by atoms with E-state index in [1.807, 2.05) is 49.0 Å². The van der Waals surface area contributed by atoms with Gasteiger partial charge in [-0.15, -0.1) is 0 Å². The lowest BCUT2D eigenvalue weighted by Gasteiger charge is -2.03. The predicted molar refractivity (Wildman–Crippen MR) is 65.6 cm³/mol. The van der Waals surface area contributed by atoms with Crippen molar-refractivity contribution in [1.82, 2.24) is 9.88 Å². The van der Waals surface area contributed by atoms with Crippen LogP contribution >= 0.6 is 0 Å². The lowest BCUT2D eigenvalue weighted by atomic mass is 10.2. The normalized spacial score (nSPS) is 10.4. The molecule has 4 nitrogen and oxygen atoms in total. The van der Waals surface area contributed by atoms with Gasteiger partial charge in [0, 0.05) is 30.7 Å². The molecule has 0 saturated carbocycles. The summed E-state index contributed by atoms with van der Waals surface area (Å²) in [5, 5.41) is 6.60. The van der Waals surface area contributed by atoms with Gasteiger partial charge in [0.2, 0.25) is 0 Å². The second kappa shape index (κ2) is 4.26. The number of aromatic nitrogens is 1. The van der Waals surface area contributed by atoms with Gasteiger partial charge < -0.3 is 15.2 Å². The number of amides is 2. The topological polar surface area (TPSA) is 46.1 Å². The van der Waals surface area contributed by atoms with E-state index >= 15 is 0 Å². The second-order valence-electron chi connectivity index (χ2n) is 3.66. The maximum Gasteiger partial charge on any atom is 0.319 e. The zero-order valence-corrected chi connectivity index (χ0v) is 9.45. The van der Waals surface area contributed by atoms with Crippen molar-refractivity contribution in [3.63, 3.8) is 0 Å². The van der Waals surface area contributed by atoms with Crippen molar-refractivity contribution in [3.05, 3.63) is 30.5 Å². The van der Waals surface area contributed by atoms with E-state index in [0.29, 0.717) is 6.54 Å². The van der Waals surface area contributed by atoms with Crippen LogP contribution in [0.5, 0.6) is 0 Å². The van der Waals surface area contributed by atoms with Gasteiger partial charge in [0.25, 0.3) is 0 Å². The zero-order valence-electron chi connectivity index (χ0n) is 9.45. The third-order valence-electron chi connectivity index (χ3n) is 2.48. The van der Waals surface area contributed by atoms with Gasteiger partial charge in [0.05, 0.1) is 5.69 Å². The molecule has 2 aromatic rings. The molecule has 2 amide bonds. The van der Waals surface area contributed by atoms with Crippen molar-refractivity contribution < 1.29 is 4.79 Å². The lowest BCUT2D eigenvalue weighted by molar-refractivity contribution is 0.252. The second-order valence-corrected chi connectivity index (χ2v) is 3.66. The van der Waals surface area contributed by atoms with Crippen LogP contribution in [-0.2, 0) is 7.05 Å². The number of rotatable bonds is 2. The fourth-order valence-electron chi connectivity index (χ4n) is 1.77. The Morgan fingerprint density at radius 1 is 1.38 bits per heavy atom. The molecule has 0 saturated heterocycles. The van der Waals surface area contributed by atoms with Crippen molar-refractivity contribution in [2.75, 3.05) is 11.9 Å². The summed E-state index contributed by atoms with van der Waals surface area (Å²) in [6.07, 6.45) is 1.92. The average molecular weight is 217 g/mol. The van der Waals surface area contributed by atoms with Crippen LogP contribution in [0.2, 0.25) is 0 Å². The summed E-state index contributed by atoms with van der Waals surface area (Å²) in [5.74, 6) is 0. The molecule has 16 heavy (non-hydrogen) atoms. The molecule has 0 aliphatic heterocycles. The van der Waals surface area contributed by atoms with Gasteiger partial charge >= 0.3 is 6.03 Å². The van der Waals surface area contributed by atoms with Crippen LogP contribution in [-0.4, -0.2) is 17.1 Å². The number of nitrogens with zero attached hydrogens (tertiary/aromatic N) is 1. The number of hydrogen-bond acceptors (Lipinski definition) is 1. The van der Waals surface area contributed by atoms with Crippen LogP contribution in [0.4, 0.5) is 10.5 Å². The number of para-hydroxylation sites is 1. The zero-order chi connectivity index (χ0) is 11.5. The van der Waals surface area contributed by atoms with Crippen LogP contribution in [0.1, 0.15) is 6.92 Å². The van der Waals surface area contributed by atoms with E-state index < -0.39 is 0 Å². The molecular weight excluding hydrogens is 202 g/mol.